The van der Waals surface area contributed by atoms with Crippen LogP contribution in [0.25, 0.3) is 0 Å². The second-order valence-corrected chi connectivity index (χ2v) is 5.72. The maximum Gasteiger partial charge on any atom is 0.137 e. The van der Waals surface area contributed by atoms with Crippen LogP contribution in [0, 0.1) is 11.7 Å². The minimum atomic E-state index is -0.201. The summed E-state index contributed by atoms with van der Waals surface area (Å²) in [4.78, 5) is 0. The lowest BCUT2D eigenvalue weighted by molar-refractivity contribution is 0.0558. The molecular formula is C14H19BrFNO. The standard InChI is InChI=1S/C14H19BrFNO/c1-10(12-4-6-18-7-5-12)17-9-11-2-3-13(15)14(16)8-11/h2-3,8,10,12,17H,4-7,9H2,1H3. The van der Waals surface area contributed by atoms with Gasteiger partial charge in [0.15, 0.2) is 0 Å². The highest BCUT2D eigenvalue weighted by Gasteiger charge is 2.19. The molecule has 2 rings (SSSR count). The summed E-state index contributed by atoms with van der Waals surface area (Å²) < 4.78 is 19.2. The van der Waals surface area contributed by atoms with E-state index in [1.54, 1.807) is 12.1 Å². The molecule has 2 nitrogen and oxygen atoms in total. The van der Waals surface area contributed by atoms with Crippen molar-refractivity contribution < 1.29 is 9.13 Å². The summed E-state index contributed by atoms with van der Waals surface area (Å²) in [7, 11) is 0. The van der Waals surface area contributed by atoms with E-state index in [1.165, 1.54) is 0 Å². The van der Waals surface area contributed by atoms with Gasteiger partial charge in [-0.05, 0) is 59.3 Å². The number of hydrogen-bond acceptors (Lipinski definition) is 2. The molecule has 100 valence electrons. The predicted octanol–water partition coefficient (Wildman–Crippen LogP) is 3.49. The average Bonchev–Trinajstić information content (AvgIpc) is 2.41. The number of rotatable bonds is 4. The Balaban J connectivity index is 1.84. The third-order valence-electron chi connectivity index (χ3n) is 3.59. The lowest BCUT2D eigenvalue weighted by atomic mass is 9.93. The van der Waals surface area contributed by atoms with Gasteiger partial charge in [-0.15, -0.1) is 0 Å². The van der Waals surface area contributed by atoms with Crippen molar-refractivity contribution in [1.29, 1.82) is 0 Å². The van der Waals surface area contributed by atoms with Gasteiger partial charge in [0.2, 0.25) is 0 Å². The fraction of sp³-hybridized carbons (Fsp3) is 0.571. The molecule has 1 saturated heterocycles. The van der Waals surface area contributed by atoms with Gasteiger partial charge in [0.05, 0.1) is 4.47 Å². The monoisotopic (exact) mass is 315 g/mol. The highest BCUT2D eigenvalue weighted by molar-refractivity contribution is 9.10. The maximum absolute atomic E-state index is 13.4. The number of halogens is 2. The van der Waals surface area contributed by atoms with Gasteiger partial charge < -0.3 is 10.1 Å². The molecule has 1 aliphatic rings. The number of hydrogen-bond donors (Lipinski definition) is 1. The summed E-state index contributed by atoms with van der Waals surface area (Å²) in [6.45, 7) is 4.64. The van der Waals surface area contributed by atoms with Crippen LogP contribution >= 0.6 is 15.9 Å². The van der Waals surface area contributed by atoms with Crippen LogP contribution in [0.5, 0.6) is 0 Å². The molecular weight excluding hydrogens is 297 g/mol. The summed E-state index contributed by atoms with van der Waals surface area (Å²) in [6, 6.07) is 5.72. The Hall–Kier alpha value is -0.450. The first kappa shape index (κ1) is 14.0. The van der Waals surface area contributed by atoms with Gasteiger partial charge in [-0.25, -0.2) is 4.39 Å². The Morgan fingerprint density at radius 1 is 1.44 bits per heavy atom. The Bertz CT molecular complexity index is 393. The molecule has 1 N–H and O–H groups in total. The quantitative estimate of drug-likeness (QED) is 0.918. The third kappa shape index (κ3) is 3.77. The molecule has 0 saturated carbocycles. The zero-order valence-corrected chi connectivity index (χ0v) is 12.2. The minimum absolute atomic E-state index is 0.201. The van der Waals surface area contributed by atoms with Crippen molar-refractivity contribution in [2.75, 3.05) is 13.2 Å². The third-order valence-corrected chi connectivity index (χ3v) is 4.23. The molecule has 0 aliphatic carbocycles. The molecule has 1 aromatic carbocycles. The fourth-order valence-corrected chi connectivity index (χ4v) is 2.56. The molecule has 1 unspecified atom stereocenters. The van der Waals surface area contributed by atoms with Gasteiger partial charge in [0, 0.05) is 25.8 Å². The average molecular weight is 316 g/mol. The predicted molar refractivity (Wildman–Crippen MR) is 73.9 cm³/mol. The molecule has 1 atom stereocenters. The second kappa shape index (κ2) is 6.64. The summed E-state index contributed by atoms with van der Waals surface area (Å²) >= 11 is 3.16. The van der Waals surface area contributed by atoms with Gasteiger partial charge in [-0.1, -0.05) is 6.07 Å². The molecule has 1 heterocycles. The van der Waals surface area contributed by atoms with E-state index in [4.69, 9.17) is 4.74 Å². The molecule has 4 heteroatoms. The molecule has 1 aliphatic heterocycles. The zero-order valence-electron chi connectivity index (χ0n) is 10.6. The first-order chi connectivity index (χ1) is 8.66. The summed E-state index contributed by atoms with van der Waals surface area (Å²) in [5.41, 5.74) is 0.981. The van der Waals surface area contributed by atoms with E-state index >= 15 is 0 Å². The van der Waals surface area contributed by atoms with E-state index in [2.05, 4.69) is 28.2 Å². The summed E-state index contributed by atoms with van der Waals surface area (Å²) in [5.74, 6) is 0.465. The molecule has 0 aromatic heterocycles. The van der Waals surface area contributed by atoms with Crippen LogP contribution in [-0.4, -0.2) is 19.3 Å². The fourth-order valence-electron chi connectivity index (χ4n) is 2.31. The molecule has 0 spiro atoms. The Kier molecular flexibility index (Phi) is 5.15. The van der Waals surface area contributed by atoms with E-state index in [9.17, 15) is 4.39 Å². The van der Waals surface area contributed by atoms with Crippen molar-refractivity contribution in [2.24, 2.45) is 5.92 Å². The Morgan fingerprint density at radius 2 is 2.17 bits per heavy atom. The number of benzene rings is 1. The normalized spacial score (nSPS) is 18.8. The van der Waals surface area contributed by atoms with E-state index in [0.29, 0.717) is 23.0 Å². The SMILES string of the molecule is CC(NCc1ccc(Br)c(F)c1)C1CCOCC1. The first-order valence-electron chi connectivity index (χ1n) is 6.42. The van der Waals surface area contributed by atoms with E-state index in [-0.39, 0.29) is 5.82 Å². The largest absolute Gasteiger partial charge is 0.381 e. The van der Waals surface area contributed by atoms with Gasteiger partial charge >= 0.3 is 0 Å². The molecule has 18 heavy (non-hydrogen) atoms. The smallest absolute Gasteiger partial charge is 0.137 e. The van der Waals surface area contributed by atoms with Gasteiger partial charge in [0.1, 0.15) is 5.82 Å². The minimum Gasteiger partial charge on any atom is -0.381 e. The molecule has 1 fully saturated rings. The highest BCUT2D eigenvalue weighted by atomic mass is 79.9. The van der Waals surface area contributed by atoms with Crippen LogP contribution in [0.15, 0.2) is 22.7 Å². The first-order valence-corrected chi connectivity index (χ1v) is 7.21. The lowest BCUT2D eigenvalue weighted by Gasteiger charge is -2.28. The van der Waals surface area contributed by atoms with Crippen LogP contribution in [0.1, 0.15) is 25.3 Å². The lowest BCUT2D eigenvalue weighted by Crippen LogP contribution is -2.36. The van der Waals surface area contributed by atoms with Crippen molar-refractivity contribution in [1.82, 2.24) is 5.32 Å². The molecule has 0 amide bonds. The summed E-state index contributed by atoms with van der Waals surface area (Å²) in [6.07, 6.45) is 2.23. The van der Waals surface area contributed by atoms with E-state index in [1.807, 2.05) is 6.07 Å². The van der Waals surface area contributed by atoms with Crippen molar-refractivity contribution in [3.8, 4) is 0 Å². The van der Waals surface area contributed by atoms with Gasteiger partial charge in [-0.2, -0.15) is 0 Å². The van der Waals surface area contributed by atoms with Crippen LogP contribution in [-0.2, 0) is 11.3 Å². The maximum atomic E-state index is 13.4. The van der Waals surface area contributed by atoms with Crippen molar-refractivity contribution in [3.05, 3.63) is 34.1 Å². The summed E-state index contributed by atoms with van der Waals surface area (Å²) in [5, 5.41) is 3.48. The van der Waals surface area contributed by atoms with Gasteiger partial charge in [0.25, 0.3) is 0 Å². The zero-order chi connectivity index (χ0) is 13.0. The van der Waals surface area contributed by atoms with Crippen molar-refractivity contribution >= 4 is 15.9 Å². The molecule has 0 bridgehead atoms. The van der Waals surface area contributed by atoms with Crippen molar-refractivity contribution in [3.63, 3.8) is 0 Å². The van der Waals surface area contributed by atoms with Crippen LogP contribution in [0.4, 0.5) is 4.39 Å². The topological polar surface area (TPSA) is 21.3 Å². The van der Waals surface area contributed by atoms with Crippen molar-refractivity contribution in [2.45, 2.75) is 32.4 Å². The number of ether oxygens (including phenoxy) is 1. The van der Waals surface area contributed by atoms with Crippen LogP contribution in [0.2, 0.25) is 0 Å². The Morgan fingerprint density at radius 3 is 2.83 bits per heavy atom. The van der Waals surface area contributed by atoms with E-state index in [0.717, 1.165) is 31.6 Å². The van der Waals surface area contributed by atoms with E-state index < -0.39 is 0 Å². The van der Waals surface area contributed by atoms with Crippen LogP contribution in [0.3, 0.4) is 0 Å². The van der Waals surface area contributed by atoms with Crippen LogP contribution < -0.4 is 5.32 Å². The molecule has 0 radical (unpaired) electrons. The second-order valence-electron chi connectivity index (χ2n) is 4.87. The molecule has 1 aromatic rings. The van der Waals surface area contributed by atoms with Gasteiger partial charge in [-0.3, -0.25) is 0 Å². The number of nitrogens with one attached hydrogen (secondary N) is 1. The highest BCUT2D eigenvalue weighted by Crippen LogP contribution is 2.20. The Labute approximate surface area is 116 Å².